The molecule has 1 saturated carbocycles. The first kappa shape index (κ1) is 12.8. The molecule has 6 nitrogen and oxygen atoms in total. The second kappa shape index (κ2) is 4.89. The molecule has 0 spiro atoms. The lowest BCUT2D eigenvalue weighted by molar-refractivity contribution is -0.123. The number of nitrogens with one attached hydrogen (secondary N) is 1. The highest BCUT2D eigenvalue weighted by Gasteiger charge is 2.28. The van der Waals surface area contributed by atoms with Crippen LogP contribution in [0.25, 0.3) is 0 Å². The van der Waals surface area contributed by atoms with Crippen LogP contribution >= 0.6 is 0 Å². The maximum Gasteiger partial charge on any atom is 0.348 e. The highest BCUT2D eigenvalue weighted by atomic mass is 16.2. The molecule has 1 heterocycles. The summed E-state index contributed by atoms with van der Waals surface area (Å²) in [5.74, 6) is -0.189. The van der Waals surface area contributed by atoms with Gasteiger partial charge in [-0.1, -0.05) is 0 Å². The number of carbonyl (C=O) groups excluding carboxylic acids is 1. The van der Waals surface area contributed by atoms with E-state index in [4.69, 9.17) is 5.73 Å². The molecule has 0 saturated heterocycles. The third-order valence-corrected chi connectivity index (χ3v) is 3.32. The fourth-order valence-corrected chi connectivity index (χ4v) is 2.07. The fraction of sp³-hybridized carbons (Fsp3) is 0.583. The van der Waals surface area contributed by atoms with Gasteiger partial charge in [0.15, 0.2) is 0 Å². The van der Waals surface area contributed by atoms with Gasteiger partial charge in [0.1, 0.15) is 6.54 Å². The maximum absolute atomic E-state index is 11.8. The lowest BCUT2D eigenvalue weighted by atomic mass is 9.87. The molecule has 3 N–H and O–H groups in total. The van der Waals surface area contributed by atoms with Gasteiger partial charge in [0.05, 0.1) is 0 Å². The number of nitrogens with zero attached hydrogens (tertiary/aromatic N) is 2. The standard InChI is InChI=1S/C12H18N4O2/c1-7-5-8(2)16(12(18)14-7)6-11(17)15-10-4-3-9(10)13/h5,9-10H,3-4,6,13H2,1-2H3,(H,15,17)/t9-,10+/m0/s1. The highest BCUT2D eigenvalue weighted by molar-refractivity contribution is 5.76. The van der Waals surface area contributed by atoms with Gasteiger partial charge in [-0.3, -0.25) is 9.36 Å². The number of carbonyl (C=O) groups is 1. The third-order valence-electron chi connectivity index (χ3n) is 3.32. The number of hydrogen-bond acceptors (Lipinski definition) is 4. The summed E-state index contributed by atoms with van der Waals surface area (Å²) in [7, 11) is 0. The van der Waals surface area contributed by atoms with Crippen molar-refractivity contribution in [1.29, 1.82) is 0 Å². The first-order valence-electron chi connectivity index (χ1n) is 6.07. The molecular weight excluding hydrogens is 232 g/mol. The highest BCUT2D eigenvalue weighted by Crippen LogP contribution is 2.17. The van der Waals surface area contributed by atoms with Gasteiger partial charge in [0, 0.05) is 23.5 Å². The van der Waals surface area contributed by atoms with Crippen molar-refractivity contribution in [2.75, 3.05) is 0 Å². The molecule has 0 radical (unpaired) electrons. The average molecular weight is 250 g/mol. The molecule has 0 bridgehead atoms. The summed E-state index contributed by atoms with van der Waals surface area (Å²) in [5, 5.41) is 2.83. The van der Waals surface area contributed by atoms with Crippen molar-refractivity contribution < 1.29 is 4.79 Å². The Morgan fingerprint density at radius 1 is 1.56 bits per heavy atom. The zero-order chi connectivity index (χ0) is 13.3. The number of amides is 1. The van der Waals surface area contributed by atoms with Crippen molar-refractivity contribution in [3.8, 4) is 0 Å². The minimum Gasteiger partial charge on any atom is -0.350 e. The van der Waals surface area contributed by atoms with E-state index < -0.39 is 0 Å². The first-order valence-corrected chi connectivity index (χ1v) is 6.07. The van der Waals surface area contributed by atoms with Gasteiger partial charge in [-0.2, -0.15) is 4.98 Å². The number of nitrogens with two attached hydrogens (primary N) is 1. The van der Waals surface area contributed by atoms with Crippen LogP contribution in [0.2, 0.25) is 0 Å². The van der Waals surface area contributed by atoms with Crippen LogP contribution < -0.4 is 16.7 Å². The van der Waals surface area contributed by atoms with E-state index in [1.165, 1.54) is 4.57 Å². The van der Waals surface area contributed by atoms with Crippen LogP contribution in [0.1, 0.15) is 24.2 Å². The van der Waals surface area contributed by atoms with E-state index in [0.29, 0.717) is 5.69 Å². The van der Waals surface area contributed by atoms with Gasteiger partial charge in [-0.15, -0.1) is 0 Å². The third kappa shape index (κ3) is 2.59. The van der Waals surface area contributed by atoms with Gasteiger partial charge >= 0.3 is 5.69 Å². The van der Waals surface area contributed by atoms with Crippen LogP contribution in [0.5, 0.6) is 0 Å². The molecule has 0 unspecified atom stereocenters. The van der Waals surface area contributed by atoms with Gasteiger partial charge in [-0.05, 0) is 32.8 Å². The average Bonchev–Trinajstić information content (AvgIpc) is 2.29. The van der Waals surface area contributed by atoms with E-state index in [1.807, 2.05) is 0 Å². The maximum atomic E-state index is 11.8. The number of rotatable bonds is 3. The van der Waals surface area contributed by atoms with E-state index in [0.717, 1.165) is 18.5 Å². The number of hydrogen-bond donors (Lipinski definition) is 2. The monoisotopic (exact) mass is 250 g/mol. The number of aryl methyl sites for hydroxylation is 2. The van der Waals surface area contributed by atoms with E-state index in [9.17, 15) is 9.59 Å². The number of aromatic nitrogens is 2. The summed E-state index contributed by atoms with van der Waals surface area (Å²) in [6.07, 6.45) is 1.85. The lowest BCUT2D eigenvalue weighted by Crippen LogP contribution is -2.55. The Labute approximate surface area is 105 Å². The predicted octanol–water partition coefficient (Wildman–Crippen LogP) is -0.534. The molecule has 0 aliphatic heterocycles. The quantitative estimate of drug-likeness (QED) is 0.754. The van der Waals surface area contributed by atoms with Crippen LogP contribution in [-0.2, 0) is 11.3 Å². The minimum atomic E-state index is -0.388. The van der Waals surface area contributed by atoms with Crippen molar-refractivity contribution in [2.45, 2.75) is 45.3 Å². The Balaban J connectivity index is 2.05. The molecule has 1 aromatic rings. The zero-order valence-electron chi connectivity index (χ0n) is 10.6. The minimum absolute atomic E-state index is 0.00116. The van der Waals surface area contributed by atoms with Crippen molar-refractivity contribution in [3.05, 3.63) is 27.9 Å². The molecule has 2 atom stereocenters. The SMILES string of the molecule is Cc1cc(C)n(CC(=O)N[C@@H]2CC[C@@H]2N)c(=O)n1. The summed E-state index contributed by atoms with van der Waals surface area (Å²) in [4.78, 5) is 27.3. The molecule has 1 fully saturated rings. The Morgan fingerprint density at radius 3 is 2.78 bits per heavy atom. The van der Waals surface area contributed by atoms with Gasteiger partial charge in [0.25, 0.3) is 0 Å². The van der Waals surface area contributed by atoms with Crippen LogP contribution in [-0.4, -0.2) is 27.5 Å². The van der Waals surface area contributed by atoms with Crippen LogP contribution in [0.4, 0.5) is 0 Å². The molecule has 0 aromatic carbocycles. The Morgan fingerprint density at radius 2 is 2.28 bits per heavy atom. The molecular formula is C12H18N4O2. The predicted molar refractivity (Wildman–Crippen MR) is 67.1 cm³/mol. The molecule has 18 heavy (non-hydrogen) atoms. The van der Waals surface area contributed by atoms with Crippen molar-refractivity contribution in [1.82, 2.24) is 14.9 Å². The van der Waals surface area contributed by atoms with Gasteiger partial charge < -0.3 is 11.1 Å². The second-order valence-corrected chi connectivity index (χ2v) is 4.82. The normalized spacial score (nSPS) is 22.4. The second-order valence-electron chi connectivity index (χ2n) is 4.82. The van der Waals surface area contributed by atoms with Crippen LogP contribution in [0.15, 0.2) is 10.9 Å². The summed E-state index contributed by atoms with van der Waals surface area (Å²) < 4.78 is 1.37. The van der Waals surface area contributed by atoms with Gasteiger partial charge in [-0.25, -0.2) is 4.79 Å². The Hall–Kier alpha value is -1.69. The Bertz CT molecular complexity index is 523. The van der Waals surface area contributed by atoms with Crippen molar-refractivity contribution >= 4 is 5.91 Å². The zero-order valence-corrected chi connectivity index (χ0v) is 10.6. The van der Waals surface area contributed by atoms with Crippen molar-refractivity contribution in [3.63, 3.8) is 0 Å². The van der Waals surface area contributed by atoms with E-state index in [1.54, 1.807) is 19.9 Å². The summed E-state index contributed by atoms with van der Waals surface area (Å²) in [6, 6.07) is 1.87. The topological polar surface area (TPSA) is 90.0 Å². The molecule has 6 heteroatoms. The van der Waals surface area contributed by atoms with E-state index >= 15 is 0 Å². The van der Waals surface area contributed by atoms with E-state index in [2.05, 4.69) is 10.3 Å². The largest absolute Gasteiger partial charge is 0.350 e. The first-order chi connectivity index (χ1) is 8.47. The molecule has 98 valence electrons. The molecule has 2 rings (SSSR count). The fourth-order valence-electron chi connectivity index (χ4n) is 2.07. The molecule has 1 aliphatic rings. The molecule has 1 aromatic heterocycles. The van der Waals surface area contributed by atoms with Crippen LogP contribution in [0.3, 0.4) is 0 Å². The smallest absolute Gasteiger partial charge is 0.348 e. The lowest BCUT2D eigenvalue weighted by Gasteiger charge is -2.34. The molecule has 1 aliphatic carbocycles. The van der Waals surface area contributed by atoms with Gasteiger partial charge in [0.2, 0.25) is 5.91 Å². The van der Waals surface area contributed by atoms with Crippen LogP contribution in [0, 0.1) is 13.8 Å². The van der Waals surface area contributed by atoms with E-state index in [-0.39, 0.29) is 30.2 Å². The summed E-state index contributed by atoms with van der Waals surface area (Å²) >= 11 is 0. The van der Waals surface area contributed by atoms with Crippen molar-refractivity contribution in [2.24, 2.45) is 5.73 Å². The Kier molecular flexibility index (Phi) is 3.47. The summed E-state index contributed by atoms with van der Waals surface area (Å²) in [6.45, 7) is 3.55. The molecule has 1 amide bonds. The summed E-state index contributed by atoms with van der Waals surface area (Å²) in [5.41, 5.74) is 6.76.